The third-order valence-electron chi connectivity index (χ3n) is 6.13. The maximum absolute atomic E-state index is 13.7. The van der Waals surface area contributed by atoms with E-state index in [1.807, 2.05) is 30.3 Å². The summed E-state index contributed by atoms with van der Waals surface area (Å²) in [7, 11) is 1.62. The van der Waals surface area contributed by atoms with Gasteiger partial charge in [0.25, 0.3) is 5.91 Å². The second-order valence-corrected chi connectivity index (χ2v) is 9.65. The summed E-state index contributed by atoms with van der Waals surface area (Å²) in [4.78, 5) is 32.6. The van der Waals surface area contributed by atoms with Gasteiger partial charge in [-0.15, -0.1) is 0 Å². The molecule has 0 N–H and O–H groups in total. The summed E-state index contributed by atoms with van der Waals surface area (Å²) in [6, 6.07) is 11.3. The van der Waals surface area contributed by atoms with Crippen LogP contribution in [0, 0.1) is 5.92 Å². The monoisotopic (exact) mass is 464 g/mol. The molecule has 0 aliphatic carbocycles. The lowest BCUT2D eigenvalue weighted by atomic mass is 9.93. The SMILES string of the molecule is CCOC(=O)[C@@H]1CCCN(C(=O)c2cc(-c3ccc(OC)cc3)nc3cc(C(C)(C)C)nn23)C1. The number of fused-ring (bicyclic) bond motifs is 1. The molecule has 34 heavy (non-hydrogen) atoms. The first-order valence-electron chi connectivity index (χ1n) is 11.7. The smallest absolute Gasteiger partial charge is 0.310 e. The Kier molecular flexibility index (Phi) is 6.59. The van der Waals surface area contributed by atoms with Crippen molar-refractivity contribution in [3.8, 4) is 17.0 Å². The van der Waals surface area contributed by atoms with Crippen molar-refractivity contribution in [3.63, 3.8) is 0 Å². The Morgan fingerprint density at radius 3 is 2.53 bits per heavy atom. The van der Waals surface area contributed by atoms with E-state index >= 15 is 0 Å². The zero-order valence-corrected chi connectivity index (χ0v) is 20.5. The molecule has 180 valence electrons. The fraction of sp³-hybridized carbons (Fsp3) is 0.462. The van der Waals surface area contributed by atoms with E-state index in [1.165, 1.54) is 0 Å². The molecular formula is C26H32N4O4. The lowest BCUT2D eigenvalue weighted by molar-refractivity contribution is -0.149. The number of hydrogen-bond donors (Lipinski definition) is 0. The topological polar surface area (TPSA) is 86.0 Å². The molecule has 0 unspecified atom stereocenters. The second kappa shape index (κ2) is 9.44. The summed E-state index contributed by atoms with van der Waals surface area (Å²) in [6.45, 7) is 9.29. The molecule has 3 heterocycles. The highest BCUT2D eigenvalue weighted by Crippen LogP contribution is 2.28. The van der Waals surface area contributed by atoms with Gasteiger partial charge in [0.1, 0.15) is 11.4 Å². The van der Waals surface area contributed by atoms with Crippen LogP contribution in [0.15, 0.2) is 36.4 Å². The van der Waals surface area contributed by atoms with Gasteiger partial charge >= 0.3 is 5.97 Å². The summed E-state index contributed by atoms with van der Waals surface area (Å²) >= 11 is 0. The van der Waals surface area contributed by atoms with Crippen LogP contribution in [0.1, 0.15) is 56.7 Å². The van der Waals surface area contributed by atoms with E-state index in [-0.39, 0.29) is 23.2 Å². The predicted molar refractivity (Wildman–Crippen MR) is 129 cm³/mol. The number of piperidine rings is 1. The fourth-order valence-corrected chi connectivity index (χ4v) is 4.18. The number of benzene rings is 1. The highest BCUT2D eigenvalue weighted by atomic mass is 16.5. The molecular weight excluding hydrogens is 432 g/mol. The minimum Gasteiger partial charge on any atom is -0.497 e. The lowest BCUT2D eigenvalue weighted by Gasteiger charge is -2.31. The zero-order valence-electron chi connectivity index (χ0n) is 20.5. The number of methoxy groups -OCH3 is 1. The minimum atomic E-state index is -0.307. The van der Waals surface area contributed by atoms with E-state index in [9.17, 15) is 9.59 Å². The van der Waals surface area contributed by atoms with Crippen molar-refractivity contribution >= 4 is 17.5 Å². The molecule has 2 aromatic heterocycles. The Bertz CT molecular complexity index is 1190. The van der Waals surface area contributed by atoms with Crippen LogP contribution >= 0.6 is 0 Å². The van der Waals surface area contributed by atoms with Crippen molar-refractivity contribution in [1.29, 1.82) is 0 Å². The molecule has 1 aliphatic heterocycles. The van der Waals surface area contributed by atoms with Crippen molar-refractivity contribution in [2.24, 2.45) is 5.92 Å². The number of aromatic nitrogens is 3. The highest BCUT2D eigenvalue weighted by Gasteiger charge is 2.31. The summed E-state index contributed by atoms with van der Waals surface area (Å²) in [6.07, 6.45) is 1.47. The molecule has 0 radical (unpaired) electrons. The number of esters is 1. The zero-order chi connectivity index (χ0) is 24.5. The molecule has 3 aromatic rings. The van der Waals surface area contributed by atoms with E-state index < -0.39 is 0 Å². The molecule has 1 saturated heterocycles. The van der Waals surface area contributed by atoms with Crippen LogP contribution in [-0.4, -0.2) is 58.2 Å². The van der Waals surface area contributed by atoms with Crippen LogP contribution in [0.25, 0.3) is 16.9 Å². The number of amides is 1. The normalized spacial score (nSPS) is 16.5. The number of carbonyl (C=O) groups excluding carboxylic acids is 2. The number of likely N-dealkylation sites (tertiary alicyclic amines) is 1. The van der Waals surface area contributed by atoms with Crippen LogP contribution < -0.4 is 4.74 Å². The molecule has 1 fully saturated rings. The highest BCUT2D eigenvalue weighted by molar-refractivity contribution is 5.94. The van der Waals surface area contributed by atoms with E-state index in [1.54, 1.807) is 29.5 Å². The average molecular weight is 465 g/mol. The van der Waals surface area contributed by atoms with Gasteiger partial charge in [-0.2, -0.15) is 5.10 Å². The lowest BCUT2D eigenvalue weighted by Crippen LogP contribution is -2.43. The Morgan fingerprint density at radius 2 is 1.88 bits per heavy atom. The molecule has 1 aromatic carbocycles. The van der Waals surface area contributed by atoms with Crippen LogP contribution in [-0.2, 0) is 14.9 Å². The summed E-state index contributed by atoms with van der Waals surface area (Å²) in [5.41, 5.74) is 3.24. The molecule has 8 heteroatoms. The molecule has 0 saturated carbocycles. The predicted octanol–water partition coefficient (Wildman–Crippen LogP) is 4.12. The molecule has 8 nitrogen and oxygen atoms in total. The Balaban J connectivity index is 1.76. The summed E-state index contributed by atoms with van der Waals surface area (Å²) < 4.78 is 12.1. The van der Waals surface area contributed by atoms with Gasteiger partial charge in [0.2, 0.25) is 0 Å². The molecule has 1 amide bonds. The second-order valence-electron chi connectivity index (χ2n) is 9.65. The van der Waals surface area contributed by atoms with Gasteiger partial charge in [-0.3, -0.25) is 9.59 Å². The minimum absolute atomic E-state index is 0.167. The van der Waals surface area contributed by atoms with Crippen LogP contribution in [0.5, 0.6) is 5.75 Å². The van der Waals surface area contributed by atoms with Crippen molar-refractivity contribution in [1.82, 2.24) is 19.5 Å². The number of hydrogen-bond acceptors (Lipinski definition) is 6. The number of nitrogens with zero attached hydrogens (tertiary/aromatic N) is 4. The molecule has 4 rings (SSSR count). The van der Waals surface area contributed by atoms with Gasteiger partial charge in [0.15, 0.2) is 5.65 Å². The van der Waals surface area contributed by atoms with Crippen molar-refractivity contribution in [2.45, 2.75) is 46.0 Å². The standard InChI is InChI=1S/C26H32N4O4/c1-6-34-25(32)18-8-7-13-29(16-18)24(31)21-14-20(17-9-11-19(33-5)12-10-17)27-23-15-22(26(2,3)4)28-30(21)23/h9-12,14-15,18H,6-8,13,16H2,1-5H3/t18-/m1/s1. The first-order valence-corrected chi connectivity index (χ1v) is 11.7. The number of carbonyl (C=O) groups is 2. The first kappa shape index (κ1) is 23.7. The fourth-order valence-electron chi connectivity index (χ4n) is 4.18. The Hall–Kier alpha value is -3.42. The van der Waals surface area contributed by atoms with Crippen molar-refractivity contribution in [2.75, 3.05) is 26.8 Å². The maximum atomic E-state index is 13.7. The third kappa shape index (κ3) is 4.76. The third-order valence-corrected chi connectivity index (χ3v) is 6.13. The molecule has 0 bridgehead atoms. The van der Waals surface area contributed by atoms with Crippen LogP contribution in [0.4, 0.5) is 0 Å². The largest absolute Gasteiger partial charge is 0.497 e. The van der Waals surface area contributed by atoms with Crippen LogP contribution in [0.3, 0.4) is 0 Å². The van der Waals surface area contributed by atoms with Gasteiger partial charge in [-0.05, 0) is 50.1 Å². The van der Waals surface area contributed by atoms with Crippen LogP contribution in [0.2, 0.25) is 0 Å². The van der Waals surface area contributed by atoms with Gasteiger partial charge < -0.3 is 14.4 Å². The van der Waals surface area contributed by atoms with Crippen molar-refractivity contribution in [3.05, 3.63) is 47.8 Å². The summed E-state index contributed by atoms with van der Waals surface area (Å²) in [5, 5.41) is 4.74. The van der Waals surface area contributed by atoms with E-state index in [2.05, 4.69) is 20.8 Å². The summed E-state index contributed by atoms with van der Waals surface area (Å²) in [5.74, 6) is 0.0326. The Morgan fingerprint density at radius 1 is 1.15 bits per heavy atom. The van der Waals surface area contributed by atoms with E-state index in [0.29, 0.717) is 36.7 Å². The van der Waals surface area contributed by atoms with Crippen molar-refractivity contribution < 1.29 is 19.1 Å². The number of rotatable bonds is 5. The Labute approximate surface area is 199 Å². The first-order chi connectivity index (χ1) is 16.2. The van der Waals surface area contributed by atoms with Gasteiger partial charge in [0, 0.05) is 30.1 Å². The van der Waals surface area contributed by atoms with Gasteiger partial charge in [0.05, 0.1) is 31.0 Å². The van der Waals surface area contributed by atoms with Gasteiger partial charge in [-0.25, -0.2) is 9.50 Å². The van der Waals surface area contributed by atoms with E-state index in [4.69, 9.17) is 19.6 Å². The molecule has 1 atom stereocenters. The molecule has 1 aliphatic rings. The quantitative estimate of drug-likeness (QED) is 0.528. The maximum Gasteiger partial charge on any atom is 0.310 e. The number of ether oxygens (including phenoxy) is 2. The van der Waals surface area contributed by atoms with Gasteiger partial charge in [-0.1, -0.05) is 20.8 Å². The molecule has 0 spiro atoms. The average Bonchev–Trinajstić information content (AvgIpc) is 3.28. The van der Waals surface area contributed by atoms with E-state index in [0.717, 1.165) is 29.8 Å².